The van der Waals surface area contributed by atoms with Crippen molar-refractivity contribution in [2.45, 2.75) is 25.4 Å². The summed E-state index contributed by atoms with van der Waals surface area (Å²) in [7, 11) is 0. The molecule has 1 atom stereocenters. The molecule has 2 aromatic rings. The maximum Gasteiger partial charge on any atom is 0.272 e. The zero-order valence-electron chi connectivity index (χ0n) is 16.6. The lowest BCUT2D eigenvalue weighted by molar-refractivity contribution is -0.135. The van der Waals surface area contributed by atoms with Crippen LogP contribution < -0.4 is 5.32 Å². The summed E-state index contributed by atoms with van der Waals surface area (Å²) in [6.07, 6.45) is 6.64. The largest absolute Gasteiger partial charge is 0.358 e. The van der Waals surface area contributed by atoms with Crippen LogP contribution in [-0.2, 0) is 16.9 Å². The standard InChI is InChI=1S/C23H21ClN4O2/c1-15-4-2-11-26-20(15)22(30)28-13-12-27-21(29)18-5-3-10-25-19(18)14-23(27,28)16-6-8-17(24)9-7-16/h2-3,5-11,26H,4,12-14H2,1H3. The average molecular weight is 421 g/mol. The van der Waals surface area contributed by atoms with E-state index in [-0.39, 0.29) is 11.8 Å². The summed E-state index contributed by atoms with van der Waals surface area (Å²) in [5.74, 6) is -0.210. The number of halogens is 1. The van der Waals surface area contributed by atoms with E-state index in [9.17, 15) is 9.59 Å². The number of hydrogen-bond donors (Lipinski definition) is 1. The number of aromatic nitrogens is 1. The van der Waals surface area contributed by atoms with Crippen LogP contribution in [0.15, 0.2) is 66.1 Å². The molecule has 0 saturated carbocycles. The van der Waals surface area contributed by atoms with Gasteiger partial charge < -0.3 is 15.1 Å². The van der Waals surface area contributed by atoms with Crippen LogP contribution in [0.4, 0.5) is 0 Å². The monoisotopic (exact) mass is 420 g/mol. The normalized spacial score (nSPS) is 22.7. The molecule has 0 aliphatic carbocycles. The van der Waals surface area contributed by atoms with E-state index in [1.165, 1.54) is 0 Å². The summed E-state index contributed by atoms with van der Waals surface area (Å²) >= 11 is 6.14. The molecular weight excluding hydrogens is 400 g/mol. The minimum atomic E-state index is -0.934. The van der Waals surface area contributed by atoms with Crippen LogP contribution in [0.3, 0.4) is 0 Å². The first-order valence-corrected chi connectivity index (χ1v) is 10.4. The van der Waals surface area contributed by atoms with Gasteiger partial charge in [0.1, 0.15) is 11.4 Å². The SMILES string of the molecule is CC1=C(C(=O)N2CCN3C(=O)c4cccnc4CC23c2ccc(Cl)cc2)NC=CC1. The topological polar surface area (TPSA) is 65.5 Å². The van der Waals surface area contributed by atoms with Gasteiger partial charge in [-0.2, -0.15) is 0 Å². The number of hydrogen-bond acceptors (Lipinski definition) is 4. The van der Waals surface area contributed by atoms with E-state index in [1.54, 1.807) is 36.7 Å². The number of carbonyl (C=O) groups excluding carboxylic acids is 2. The maximum atomic E-state index is 13.7. The van der Waals surface area contributed by atoms with E-state index in [1.807, 2.05) is 34.9 Å². The molecule has 0 spiro atoms. The van der Waals surface area contributed by atoms with Crippen molar-refractivity contribution in [2.75, 3.05) is 13.1 Å². The van der Waals surface area contributed by atoms with Gasteiger partial charge in [0.15, 0.2) is 0 Å². The molecule has 152 valence electrons. The minimum Gasteiger partial charge on any atom is -0.358 e. The summed E-state index contributed by atoms with van der Waals surface area (Å²) in [5.41, 5.74) is 2.78. The van der Waals surface area contributed by atoms with Crippen LogP contribution in [0.5, 0.6) is 0 Å². The second kappa shape index (κ2) is 6.99. The molecule has 7 heteroatoms. The number of amides is 2. The number of allylic oxidation sites excluding steroid dienone is 2. The summed E-state index contributed by atoms with van der Waals surface area (Å²) in [4.78, 5) is 35.3. The molecule has 0 bridgehead atoms. The zero-order valence-corrected chi connectivity index (χ0v) is 17.3. The van der Waals surface area contributed by atoms with Gasteiger partial charge in [0, 0.05) is 30.7 Å². The summed E-state index contributed by atoms with van der Waals surface area (Å²) in [6.45, 7) is 2.86. The van der Waals surface area contributed by atoms with Gasteiger partial charge in [-0.05, 0) is 54.9 Å². The highest BCUT2D eigenvalue weighted by Gasteiger charge is 2.56. The molecule has 30 heavy (non-hydrogen) atoms. The molecule has 3 aliphatic heterocycles. The third-order valence-electron chi connectivity index (χ3n) is 6.18. The summed E-state index contributed by atoms with van der Waals surface area (Å²) in [5, 5.41) is 3.72. The van der Waals surface area contributed by atoms with Gasteiger partial charge >= 0.3 is 0 Å². The first kappa shape index (κ1) is 18.9. The van der Waals surface area contributed by atoms with Crippen LogP contribution in [0.1, 0.15) is 35.0 Å². The molecule has 1 unspecified atom stereocenters. The third kappa shape index (κ3) is 2.67. The van der Waals surface area contributed by atoms with Crippen molar-refractivity contribution in [2.24, 2.45) is 0 Å². The highest BCUT2D eigenvalue weighted by molar-refractivity contribution is 6.30. The molecule has 1 N–H and O–H groups in total. The number of fused-ring (bicyclic) bond motifs is 2. The molecule has 6 nitrogen and oxygen atoms in total. The smallest absolute Gasteiger partial charge is 0.272 e. The highest BCUT2D eigenvalue weighted by Crippen LogP contribution is 2.45. The lowest BCUT2D eigenvalue weighted by Crippen LogP contribution is -2.59. The molecule has 1 saturated heterocycles. The Bertz CT molecular complexity index is 1110. The van der Waals surface area contributed by atoms with Gasteiger partial charge in [-0.25, -0.2) is 0 Å². The van der Waals surface area contributed by atoms with Crippen molar-refractivity contribution in [3.63, 3.8) is 0 Å². The molecule has 1 fully saturated rings. The van der Waals surface area contributed by atoms with Crippen LogP contribution in [-0.4, -0.2) is 39.7 Å². The maximum absolute atomic E-state index is 13.7. The van der Waals surface area contributed by atoms with E-state index < -0.39 is 5.66 Å². The Kier molecular flexibility index (Phi) is 4.40. The van der Waals surface area contributed by atoms with Gasteiger partial charge in [0.25, 0.3) is 11.8 Å². The minimum absolute atomic E-state index is 0.100. The van der Waals surface area contributed by atoms with E-state index in [0.29, 0.717) is 41.5 Å². The Morgan fingerprint density at radius 3 is 2.77 bits per heavy atom. The van der Waals surface area contributed by atoms with Gasteiger partial charge in [-0.1, -0.05) is 29.8 Å². The fourth-order valence-corrected chi connectivity index (χ4v) is 4.84. The number of nitrogens with one attached hydrogen (secondary N) is 1. The molecule has 1 aromatic heterocycles. The first-order chi connectivity index (χ1) is 14.5. The Hall–Kier alpha value is -3.12. The number of benzene rings is 1. The Morgan fingerprint density at radius 2 is 2.00 bits per heavy atom. The second-order valence-corrected chi connectivity index (χ2v) is 8.25. The fraction of sp³-hybridized carbons (Fsp3) is 0.261. The van der Waals surface area contributed by atoms with Crippen LogP contribution >= 0.6 is 11.6 Å². The fourth-order valence-electron chi connectivity index (χ4n) is 4.71. The van der Waals surface area contributed by atoms with E-state index >= 15 is 0 Å². The van der Waals surface area contributed by atoms with Gasteiger partial charge in [0.05, 0.1) is 11.3 Å². The number of nitrogens with zero attached hydrogens (tertiary/aromatic N) is 3. The van der Waals surface area contributed by atoms with E-state index in [4.69, 9.17) is 11.6 Å². The number of pyridine rings is 1. The predicted octanol–water partition coefficient (Wildman–Crippen LogP) is 3.21. The van der Waals surface area contributed by atoms with Crippen molar-refractivity contribution >= 4 is 23.4 Å². The van der Waals surface area contributed by atoms with Crippen LogP contribution in [0, 0.1) is 0 Å². The number of rotatable bonds is 2. The van der Waals surface area contributed by atoms with Crippen molar-refractivity contribution < 1.29 is 9.59 Å². The summed E-state index contributed by atoms with van der Waals surface area (Å²) in [6, 6.07) is 11.0. The van der Waals surface area contributed by atoms with Gasteiger partial charge in [0.2, 0.25) is 0 Å². The lowest BCUT2D eigenvalue weighted by atomic mass is 9.86. The Labute approximate surface area is 179 Å². The summed E-state index contributed by atoms with van der Waals surface area (Å²) < 4.78 is 0. The van der Waals surface area contributed by atoms with Gasteiger partial charge in [-0.3, -0.25) is 14.6 Å². The number of carbonyl (C=O) groups is 2. The average Bonchev–Trinajstić information content (AvgIpc) is 3.15. The second-order valence-electron chi connectivity index (χ2n) is 7.82. The van der Waals surface area contributed by atoms with Crippen LogP contribution in [0.2, 0.25) is 5.02 Å². The molecule has 4 heterocycles. The molecule has 2 amide bonds. The Balaban J connectivity index is 1.68. The molecule has 5 rings (SSSR count). The third-order valence-corrected chi connectivity index (χ3v) is 6.43. The molecule has 1 aromatic carbocycles. The van der Waals surface area contributed by atoms with Crippen molar-refractivity contribution in [1.82, 2.24) is 20.1 Å². The van der Waals surface area contributed by atoms with E-state index in [2.05, 4.69) is 10.3 Å². The molecule has 3 aliphatic rings. The van der Waals surface area contributed by atoms with Crippen molar-refractivity contribution in [3.05, 3.63) is 88.0 Å². The van der Waals surface area contributed by atoms with Crippen molar-refractivity contribution in [3.8, 4) is 0 Å². The quantitative estimate of drug-likeness (QED) is 0.810. The zero-order chi connectivity index (χ0) is 20.9. The van der Waals surface area contributed by atoms with E-state index in [0.717, 1.165) is 17.6 Å². The van der Waals surface area contributed by atoms with Gasteiger partial charge in [-0.15, -0.1) is 0 Å². The highest BCUT2D eigenvalue weighted by atomic mass is 35.5. The predicted molar refractivity (Wildman–Crippen MR) is 113 cm³/mol. The van der Waals surface area contributed by atoms with Crippen molar-refractivity contribution in [1.29, 1.82) is 0 Å². The molecule has 0 radical (unpaired) electrons. The van der Waals surface area contributed by atoms with Crippen LogP contribution in [0.25, 0.3) is 0 Å². The Morgan fingerprint density at radius 1 is 1.20 bits per heavy atom. The number of dihydropyridines is 1. The molecular formula is C23H21ClN4O2. The lowest BCUT2D eigenvalue weighted by Gasteiger charge is -2.47. The first-order valence-electron chi connectivity index (χ1n) is 9.97.